The zero-order chi connectivity index (χ0) is 28.9. The van der Waals surface area contributed by atoms with E-state index in [-0.39, 0.29) is 23.4 Å². The number of hydrogen-bond acceptors (Lipinski definition) is 4. The van der Waals surface area contributed by atoms with Crippen molar-refractivity contribution < 1.29 is 18.0 Å². The van der Waals surface area contributed by atoms with Crippen LogP contribution in [0.3, 0.4) is 0 Å². The number of amides is 2. The summed E-state index contributed by atoms with van der Waals surface area (Å²) >= 11 is 6.02. The molecule has 3 aromatic carbocycles. The fourth-order valence-corrected chi connectivity index (χ4v) is 6.64. The van der Waals surface area contributed by atoms with Crippen molar-refractivity contribution in [1.29, 1.82) is 0 Å². The highest BCUT2D eigenvalue weighted by Gasteiger charge is 2.34. The molecule has 212 valence electrons. The summed E-state index contributed by atoms with van der Waals surface area (Å²) in [4.78, 5) is 28.9. The lowest BCUT2D eigenvalue weighted by molar-refractivity contribution is -0.139. The fourth-order valence-electron chi connectivity index (χ4n) is 5.04. The van der Waals surface area contributed by atoms with Gasteiger partial charge in [0.2, 0.25) is 11.8 Å². The first-order chi connectivity index (χ1) is 19.1. The number of sulfonamides is 1. The Morgan fingerprint density at radius 1 is 0.925 bits per heavy atom. The SMILES string of the molecule is Cc1ccccc1CN(C(=O)CN(c1ccccc1C)S(=O)(=O)c1ccc(Cl)cc1)[C@H](C)C(=O)NC1CCCC1. The number of rotatable bonds is 10. The Labute approximate surface area is 242 Å². The molecule has 40 heavy (non-hydrogen) atoms. The number of halogens is 1. The molecule has 1 aliphatic rings. The van der Waals surface area contributed by atoms with Crippen LogP contribution < -0.4 is 9.62 Å². The van der Waals surface area contributed by atoms with E-state index in [9.17, 15) is 18.0 Å². The first-order valence-electron chi connectivity index (χ1n) is 13.6. The average molecular weight is 582 g/mol. The number of para-hydroxylation sites is 1. The molecule has 0 heterocycles. The maximum atomic E-state index is 14.1. The molecule has 9 heteroatoms. The van der Waals surface area contributed by atoms with Crippen LogP contribution in [0.5, 0.6) is 0 Å². The van der Waals surface area contributed by atoms with Gasteiger partial charge >= 0.3 is 0 Å². The van der Waals surface area contributed by atoms with Crippen LogP contribution >= 0.6 is 11.6 Å². The van der Waals surface area contributed by atoms with Crippen molar-refractivity contribution in [3.63, 3.8) is 0 Å². The minimum atomic E-state index is -4.14. The van der Waals surface area contributed by atoms with Crippen LogP contribution in [-0.4, -0.2) is 43.8 Å². The van der Waals surface area contributed by atoms with Crippen LogP contribution in [0.15, 0.2) is 77.7 Å². The monoisotopic (exact) mass is 581 g/mol. The quantitative estimate of drug-likeness (QED) is 0.336. The van der Waals surface area contributed by atoms with Crippen LogP contribution in [0.25, 0.3) is 0 Å². The number of carbonyl (C=O) groups is 2. The van der Waals surface area contributed by atoms with Crippen molar-refractivity contribution in [2.75, 3.05) is 10.8 Å². The highest BCUT2D eigenvalue weighted by atomic mass is 35.5. The Bertz CT molecular complexity index is 1450. The molecule has 4 rings (SSSR count). The molecule has 1 aliphatic carbocycles. The molecule has 0 radical (unpaired) electrons. The number of anilines is 1. The molecule has 0 spiro atoms. The third-order valence-corrected chi connectivity index (χ3v) is 9.56. The molecule has 2 amide bonds. The maximum Gasteiger partial charge on any atom is 0.264 e. The first kappa shape index (κ1) is 29.6. The van der Waals surface area contributed by atoms with Gasteiger partial charge in [0.05, 0.1) is 10.6 Å². The summed E-state index contributed by atoms with van der Waals surface area (Å²) in [6.07, 6.45) is 3.98. The minimum Gasteiger partial charge on any atom is -0.352 e. The van der Waals surface area contributed by atoms with E-state index in [0.29, 0.717) is 16.3 Å². The highest BCUT2D eigenvalue weighted by Crippen LogP contribution is 2.28. The smallest absolute Gasteiger partial charge is 0.264 e. The second-order valence-electron chi connectivity index (χ2n) is 10.4. The molecule has 1 atom stereocenters. The zero-order valence-electron chi connectivity index (χ0n) is 23.1. The van der Waals surface area contributed by atoms with Crippen molar-refractivity contribution >= 4 is 39.1 Å². The van der Waals surface area contributed by atoms with Crippen molar-refractivity contribution in [2.24, 2.45) is 0 Å². The summed E-state index contributed by atoms with van der Waals surface area (Å²) in [5, 5.41) is 3.50. The second kappa shape index (κ2) is 12.9. The van der Waals surface area contributed by atoms with Crippen LogP contribution in [0.2, 0.25) is 5.02 Å². The molecule has 0 aliphatic heterocycles. The predicted molar refractivity (Wildman–Crippen MR) is 159 cm³/mol. The van der Waals surface area contributed by atoms with E-state index < -0.39 is 28.5 Å². The lowest BCUT2D eigenvalue weighted by atomic mass is 10.1. The lowest BCUT2D eigenvalue weighted by Crippen LogP contribution is -2.52. The van der Waals surface area contributed by atoms with Crippen LogP contribution in [0.4, 0.5) is 5.69 Å². The van der Waals surface area contributed by atoms with Gasteiger partial charge in [-0.3, -0.25) is 13.9 Å². The number of nitrogens with one attached hydrogen (secondary N) is 1. The molecule has 0 bridgehead atoms. The molecule has 1 N–H and O–H groups in total. The highest BCUT2D eigenvalue weighted by molar-refractivity contribution is 7.92. The number of nitrogens with zero attached hydrogens (tertiary/aromatic N) is 2. The van der Waals surface area contributed by atoms with Crippen molar-refractivity contribution in [1.82, 2.24) is 10.2 Å². The van der Waals surface area contributed by atoms with Crippen molar-refractivity contribution in [3.8, 4) is 0 Å². The lowest BCUT2D eigenvalue weighted by Gasteiger charge is -2.33. The molecular formula is C31H36ClN3O4S. The van der Waals surface area contributed by atoms with Gasteiger partial charge in [-0.1, -0.05) is 66.9 Å². The topological polar surface area (TPSA) is 86.8 Å². The number of hydrogen-bond donors (Lipinski definition) is 1. The fraction of sp³-hybridized carbons (Fsp3) is 0.355. The molecule has 1 saturated carbocycles. The van der Waals surface area contributed by atoms with E-state index in [1.165, 1.54) is 29.2 Å². The zero-order valence-corrected chi connectivity index (χ0v) is 24.7. The van der Waals surface area contributed by atoms with E-state index in [2.05, 4.69) is 5.32 Å². The van der Waals surface area contributed by atoms with E-state index in [4.69, 9.17) is 11.6 Å². The van der Waals surface area contributed by atoms with Crippen molar-refractivity contribution in [3.05, 3.63) is 94.5 Å². The van der Waals surface area contributed by atoms with E-state index in [1.54, 1.807) is 32.0 Å². The van der Waals surface area contributed by atoms with Crippen LogP contribution in [0, 0.1) is 13.8 Å². The Morgan fingerprint density at radius 3 is 2.15 bits per heavy atom. The van der Waals surface area contributed by atoms with Gasteiger partial charge in [-0.15, -0.1) is 0 Å². The summed E-state index contributed by atoms with van der Waals surface area (Å²) in [5.74, 6) is -0.713. The van der Waals surface area contributed by atoms with Gasteiger partial charge in [0, 0.05) is 17.6 Å². The standard InChI is InChI=1S/C31H36ClN3O4S/c1-22-10-4-6-12-25(22)20-34(24(3)31(37)33-27-13-7-8-14-27)30(36)21-35(29-15-9-5-11-23(29)2)40(38,39)28-18-16-26(32)17-19-28/h4-6,9-12,15-19,24,27H,7-8,13-14,20-21H2,1-3H3,(H,33,37)/t24-/m1/s1. The molecule has 7 nitrogen and oxygen atoms in total. The normalized spacial score (nSPS) is 14.5. The molecule has 0 unspecified atom stereocenters. The van der Waals surface area contributed by atoms with E-state index >= 15 is 0 Å². The molecule has 3 aromatic rings. The van der Waals surface area contributed by atoms with E-state index in [1.807, 2.05) is 37.3 Å². The first-order valence-corrected chi connectivity index (χ1v) is 15.4. The Balaban J connectivity index is 1.70. The molecule has 1 fully saturated rings. The summed E-state index contributed by atoms with van der Waals surface area (Å²) in [7, 11) is -4.14. The Hall–Kier alpha value is -3.36. The Morgan fingerprint density at radius 2 is 1.52 bits per heavy atom. The van der Waals surface area contributed by atoms with Gasteiger partial charge in [-0.05, 0) is 80.6 Å². The van der Waals surface area contributed by atoms with Gasteiger partial charge in [-0.2, -0.15) is 0 Å². The van der Waals surface area contributed by atoms with E-state index in [0.717, 1.165) is 41.1 Å². The largest absolute Gasteiger partial charge is 0.352 e. The number of carbonyl (C=O) groups excluding carboxylic acids is 2. The Kier molecular flexibility index (Phi) is 9.53. The van der Waals surface area contributed by atoms with Gasteiger partial charge < -0.3 is 10.2 Å². The third kappa shape index (κ3) is 6.85. The van der Waals surface area contributed by atoms with Gasteiger partial charge in [-0.25, -0.2) is 8.42 Å². The number of aryl methyl sites for hydroxylation is 2. The number of benzene rings is 3. The van der Waals surface area contributed by atoms with Gasteiger partial charge in [0.15, 0.2) is 0 Å². The minimum absolute atomic E-state index is 0.0189. The predicted octanol–water partition coefficient (Wildman–Crippen LogP) is 5.63. The third-order valence-electron chi connectivity index (χ3n) is 7.54. The summed E-state index contributed by atoms with van der Waals surface area (Å²) in [6, 6.07) is 19.9. The summed E-state index contributed by atoms with van der Waals surface area (Å²) in [5.41, 5.74) is 2.96. The maximum absolute atomic E-state index is 14.1. The summed E-state index contributed by atoms with van der Waals surface area (Å²) < 4.78 is 29.0. The molecular weight excluding hydrogens is 546 g/mol. The molecule has 0 saturated heterocycles. The van der Waals surface area contributed by atoms with Crippen LogP contribution in [0.1, 0.15) is 49.3 Å². The average Bonchev–Trinajstić information content (AvgIpc) is 3.44. The second-order valence-corrected chi connectivity index (χ2v) is 12.7. The van der Waals surface area contributed by atoms with Gasteiger partial charge in [0.1, 0.15) is 12.6 Å². The summed E-state index contributed by atoms with van der Waals surface area (Å²) in [6.45, 7) is 5.15. The van der Waals surface area contributed by atoms with Crippen molar-refractivity contribution in [2.45, 2.75) is 70.0 Å². The van der Waals surface area contributed by atoms with Gasteiger partial charge in [0.25, 0.3) is 10.0 Å². The van der Waals surface area contributed by atoms with Crippen LogP contribution in [-0.2, 0) is 26.2 Å². The molecule has 0 aromatic heterocycles.